The number of ether oxygens (including phenoxy) is 2. The van der Waals surface area contributed by atoms with Crippen LogP contribution in [0, 0.1) is 0 Å². The fourth-order valence-corrected chi connectivity index (χ4v) is 2.84. The van der Waals surface area contributed by atoms with Crippen molar-refractivity contribution < 1.29 is 9.47 Å². The van der Waals surface area contributed by atoms with Crippen LogP contribution in [0.1, 0.15) is 23.3 Å². The second-order valence-electron chi connectivity index (χ2n) is 5.02. The number of hydrogen-bond donors (Lipinski definition) is 0. The van der Waals surface area contributed by atoms with E-state index >= 15 is 0 Å². The minimum Gasteiger partial charge on any atom is -0.481 e. The van der Waals surface area contributed by atoms with Crippen molar-refractivity contribution in [3.8, 4) is 22.6 Å². The minimum absolute atomic E-state index is 0.0815. The van der Waals surface area contributed by atoms with E-state index in [9.17, 15) is 0 Å². The molecular formula is C18H14O2. The molecule has 0 fully saturated rings. The Balaban J connectivity index is 2.01. The first-order chi connectivity index (χ1) is 9.81. The lowest BCUT2D eigenvalue weighted by atomic mass is 9.92. The Morgan fingerprint density at radius 3 is 2.30 bits per heavy atom. The Kier molecular flexibility index (Phi) is 2.27. The number of fused-ring (bicyclic) bond motifs is 1. The zero-order chi connectivity index (χ0) is 13.7. The van der Waals surface area contributed by atoms with Crippen LogP contribution in [0.5, 0.6) is 11.5 Å². The zero-order valence-corrected chi connectivity index (χ0v) is 11.0. The molecule has 2 aromatic carbocycles. The van der Waals surface area contributed by atoms with Gasteiger partial charge in [-0.3, -0.25) is 0 Å². The first kappa shape index (κ1) is 11.4. The van der Waals surface area contributed by atoms with Crippen LogP contribution in [0.2, 0.25) is 0 Å². The highest BCUT2D eigenvalue weighted by molar-refractivity contribution is 5.77. The van der Waals surface area contributed by atoms with E-state index < -0.39 is 0 Å². The normalized spacial score (nSPS) is 21.2. The summed E-state index contributed by atoms with van der Waals surface area (Å²) in [6, 6.07) is 12.4. The largest absolute Gasteiger partial charge is 0.481 e. The molecule has 0 amide bonds. The molecule has 2 atom stereocenters. The van der Waals surface area contributed by atoms with Gasteiger partial charge < -0.3 is 9.47 Å². The highest BCUT2D eigenvalue weighted by atomic mass is 16.5. The van der Waals surface area contributed by atoms with Crippen molar-refractivity contribution in [2.45, 2.75) is 12.2 Å². The summed E-state index contributed by atoms with van der Waals surface area (Å²) in [7, 11) is 0. The maximum Gasteiger partial charge on any atom is 0.149 e. The highest BCUT2D eigenvalue weighted by Gasteiger charge is 2.34. The monoisotopic (exact) mass is 262 g/mol. The SMILES string of the molecule is C=CC1Oc2ccc(c3c2C(C=C)O3)-c2ccc1cc2. The van der Waals surface area contributed by atoms with Gasteiger partial charge in [-0.25, -0.2) is 0 Å². The summed E-state index contributed by atoms with van der Waals surface area (Å²) >= 11 is 0. The molecule has 2 unspecified atom stereocenters. The predicted octanol–water partition coefficient (Wildman–Crippen LogP) is 4.59. The molecule has 0 aliphatic carbocycles. The quantitative estimate of drug-likeness (QED) is 0.737. The molecule has 0 saturated heterocycles. The van der Waals surface area contributed by atoms with Crippen molar-refractivity contribution in [2.75, 3.05) is 0 Å². The van der Waals surface area contributed by atoms with Gasteiger partial charge in [0.2, 0.25) is 0 Å². The molecule has 4 bridgehead atoms. The van der Waals surface area contributed by atoms with E-state index in [-0.39, 0.29) is 12.2 Å². The molecule has 2 nitrogen and oxygen atoms in total. The molecule has 4 aliphatic rings. The molecule has 0 radical (unpaired) electrons. The van der Waals surface area contributed by atoms with Crippen molar-refractivity contribution >= 4 is 0 Å². The van der Waals surface area contributed by atoms with E-state index in [1.54, 1.807) is 6.08 Å². The third-order valence-corrected chi connectivity index (χ3v) is 3.92. The first-order valence-corrected chi connectivity index (χ1v) is 6.67. The molecule has 0 N–H and O–H groups in total. The lowest BCUT2D eigenvalue weighted by Gasteiger charge is -2.34. The molecule has 6 rings (SSSR count). The molecule has 2 aromatic rings. The lowest BCUT2D eigenvalue weighted by Crippen LogP contribution is -2.20. The van der Waals surface area contributed by atoms with Gasteiger partial charge in [-0.15, -0.1) is 0 Å². The van der Waals surface area contributed by atoms with E-state index in [0.717, 1.165) is 33.8 Å². The fraction of sp³-hybridized carbons (Fsp3) is 0.111. The van der Waals surface area contributed by atoms with Crippen LogP contribution in [0.3, 0.4) is 0 Å². The molecule has 0 aromatic heterocycles. The van der Waals surface area contributed by atoms with Crippen LogP contribution >= 0.6 is 0 Å². The van der Waals surface area contributed by atoms with Gasteiger partial charge in [0.25, 0.3) is 0 Å². The van der Waals surface area contributed by atoms with Gasteiger partial charge in [0.05, 0.1) is 5.56 Å². The van der Waals surface area contributed by atoms with Crippen molar-refractivity contribution in [3.05, 3.63) is 72.8 Å². The minimum atomic E-state index is -0.150. The number of benzene rings is 2. The molecule has 98 valence electrons. The Morgan fingerprint density at radius 2 is 1.60 bits per heavy atom. The van der Waals surface area contributed by atoms with Gasteiger partial charge in [-0.2, -0.15) is 0 Å². The molecular weight excluding hydrogens is 248 g/mol. The van der Waals surface area contributed by atoms with Crippen LogP contribution in [0.4, 0.5) is 0 Å². The van der Waals surface area contributed by atoms with Gasteiger partial charge in [-0.05, 0) is 35.4 Å². The van der Waals surface area contributed by atoms with Gasteiger partial charge in [-0.1, -0.05) is 37.4 Å². The van der Waals surface area contributed by atoms with Crippen LogP contribution in [-0.2, 0) is 0 Å². The van der Waals surface area contributed by atoms with Crippen LogP contribution in [-0.4, -0.2) is 0 Å². The third kappa shape index (κ3) is 1.39. The van der Waals surface area contributed by atoms with Gasteiger partial charge in [0, 0.05) is 5.56 Å². The predicted molar refractivity (Wildman–Crippen MR) is 79.0 cm³/mol. The van der Waals surface area contributed by atoms with E-state index in [0.29, 0.717) is 0 Å². The van der Waals surface area contributed by atoms with Crippen LogP contribution in [0.25, 0.3) is 11.1 Å². The summed E-state index contributed by atoms with van der Waals surface area (Å²) in [5.74, 6) is 1.76. The molecule has 4 aliphatic heterocycles. The van der Waals surface area contributed by atoms with E-state index in [2.05, 4.69) is 37.4 Å². The van der Waals surface area contributed by atoms with Crippen LogP contribution in [0.15, 0.2) is 61.7 Å². The molecule has 4 heterocycles. The second kappa shape index (κ2) is 4.01. The Bertz CT molecular complexity index is 713. The molecule has 2 heteroatoms. The third-order valence-electron chi connectivity index (χ3n) is 3.92. The first-order valence-electron chi connectivity index (χ1n) is 6.67. The standard InChI is InChI=1S/C18H14O2/c1-3-14-12-7-5-11(6-8-12)13-9-10-16(19-14)17-15(4-2)20-18(13)17/h3-10,14-15H,1-2H2. The maximum absolute atomic E-state index is 6.12. The van der Waals surface area contributed by atoms with E-state index in [4.69, 9.17) is 9.47 Å². The summed E-state index contributed by atoms with van der Waals surface area (Å²) in [6.45, 7) is 7.70. The fourth-order valence-electron chi connectivity index (χ4n) is 2.84. The average Bonchev–Trinajstić information content (AvgIpc) is 2.47. The Labute approximate surface area is 118 Å². The van der Waals surface area contributed by atoms with Crippen LogP contribution < -0.4 is 9.47 Å². The highest BCUT2D eigenvalue weighted by Crippen LogP contribution is 2.52. The molecule has 0 saturated carbocycles. The Hall–Kier alpha value is -2.48. The van der Waals surface area contributed by atoms with Crippen molar-refractivity contribution in [1.82, 2.24) is 0 Å². The Morgan fingerprint density at radius 1 is 0.850 bits per heavy atom. The van der Waals surface area contributed by atoms with Gasteiger partial charge in [0.1, 0.15) is 23.7 Å². The van der Waals surface area contributed by atoms with Gasteiger partial charge in [0.15, 0.2) is 0 Å². The number of hydrogen-bond acceptors (Lipinski definition) is 2. The summed E-state index contributed by atoms with van der Waals surface area (Å²) in [4.78, 5) is 0. The van der Waals surface area contributed by atoms with E-state index in [1.165, 1.54) is 0 Å². The van der Waals surface area contributed by atoms with Crippen molar-refractivity contribution in [2.24, 2.45) is 0 Å². The van der Waals surface area contributed by atoms with Crippen molar-refractivity contribution in [1.29, 1.82) is 0 Å². The van der Waals surface area contributed by atoms with E-state index in [1.807, 2.05) is 18.2 Å². The number of rotatable bonds is 2. The summed E-state index contributed by atoms with van der Waals surface area (Å²) in [6.07, 6.45) is 3.39. The molecule has 0 spiro atoms. The molecule has 20 heavy (non-hydrogen) atoms. The average molecular weight is 262 g/mol. The van der Waals surface area contributed by atoms with Crippen molar-refractivity contribution in [3.63, 3.8) is 0 Å². The van der Waals surface area contributed by atoms with Gasteiger partial charge >= 0.3 is 0 Å². The zero-order valence-electron chi connectivity index (χ0n) is 11.0. The smallest absolute Gasteiger partial charge is 0.149 e. The maximum atomic E-state index is 6.12. The lowest BCUT2D eigenvalue weighted by molar-refractivity contribution is 0.173. The summed E-state index contributed by atoms with van der Waals surface area (Å²) < 4.78 is 11.9. The second-order valence-corrected chi connectivity index (χ2v) is 5.02. The summed E-state index contributed by atoms with van der Waals surface area (Å²) in [5, 5.41) is 0. The topological polar surface area (TPSA) is 18.5 Å². The summed E-state index contributed by atoms with van der Waals surface area (Å²) in [5.41, 5.74) is 4.46.